The quantitative estimate of drug-likeness (QED) is 0.710. The Morgan fingerprint density at radius 3 is 2.53 bits per heavy atom. The van der Waals surface area contributed by atoms with Gasteiger partial charge in [0.25, 0.3) is 0 Å². The summed E-state index contributed by atoms with van der Waals surface area (Å²) in [6.07, 6.45) is 3.03. The molecule has 3 nitrogen and oxygen atoms in total. The molecule has 1 rings (SSSR count). The fourth-order valence-electron chi connectivity index (χ4n) is 1.55. The maximum Gasteiger partial charge on any atom is 0.128 e. The van der Waals surface area contributed by atoms with E-state index in [0.29, 0.717) is 0 Å². The van der Waals surface area contributed by atoms with Crippen molar-refractivity contribution >= 4 is 5.82 Å². The highest BCUT2D eigenvalue weighted by molar-refractivity contribution is 5.37. The summed E-state index contributed by atoms with van der Waals surface area (Å²) in [7, 11) is 4.22. The minimum Gasteiger partial charge on any atom is -0.357 e. The Bertz CT molecular complexity index is 259. The smallest absolute Gasteiger partial charge is 0.128 e. The summed E-state index contributed by atoms with van der Waals surface area (Å²) >= 11 is 0. The Labute approximate surface area is 92.7 Å². The summed E-state index contributed by atoms with van der Waals surface area (Å²) in [4.78, 5) is 8.88. The lowest BCUT2D eigenvalue weighted by atomic mass is 10.3. The van der Waals surface area contributed by atoms with Crippen molar-refractivity contribution in [2.45, 2.75) is 13.3 Å². The van der Waals surface area contributed by atoms with Crippen LogP contribution < -0.4 is 4.90 Å². The van der Waals surface area contributed by atoms with E-state index in [1.807, 2.05) is 18.3 Å². The zero-order chi connectivity index (χ0) is 11.1. The maximum atomic E-state index is 4.36. The zero-order valence-electron chi connectivity index (χ0n) is 9.98. The lowest BCUT2D eigenvalue weighted by molar-refractivity contribution is 0.400. The van der Waals surface area contributed by atoms with Crippen LogP contribution in [0, 0.1) is 0 Å². The van der Waals surface area contributed by atoms with E-state index in [2.05, 4.69) is 41.9 Å². The van der Waals surface area contributed by atoms with Gasteiger partial charge in [0.15, 0.2) is 0 Å². The van der Waals surface area contributed by atoms with Gasteiger partial charge in [-0.15, -0.1) is 0 Å². The third kappa shape index (κ3) is 4.30. The molecule has 1 heterocycles. The molecule has 0 unspecified atom stereocenters. The van der Waals surface area contributed by atoms with Crippen molar-refractivity contribution in [3.8, 4) is 0 Å². The molecule has 0 aliphatic carbocycles. The topological polar surface area (TPSA) is 19.4 Å². The van der Waals surface area contributed by atoms with Gasteiger partial charge in [-0.3, -0.25) is 0 Å². The van der Waals surface area contributed by atoms with Gasteiger partial charge in [0.1, 0.15) is 5.82 Å². The maximum absolute atomic E-state index is 4.36. The van der Waals surface area contributed by atoms with Crippen LogP contribution in [0.5, 0.6) is 0 Å². The predicted octanol–water partition coefficient (Wildman–Crippen LogP) is 1.86. The lowest BCUT2D eigenvalue weighted by Gasteiger charge is -2.22. The number of hydrogen-bond donors (Lipinski definition) is 0. The zero-order valence-corrected chi connectivity index (χ0v) is 9.98. The highest BCUT2D eigenvalue weighted by Crippen LogP contribution is 2.08. The Morgan fingerprint density at radius 2 is 2.00 bits per heavy atom. The van der Waals surface area contributed by atoms with Gasteiger partial charge in [0, 0.05) is 19.3 Å². The van der Waals surface area contributed by atoms with Gasteiger partial charge < -0.3 is 9.80 Å². The molecular weight excluding hydrogens is 186 g/mol. The van der Waals surface area contributed by atoms with Crippen LogP contribution in [-0.2, 0) is 0 Å². The number of pyridine rings is 1. The summed E-state index contributed by atoms with van der Waals surface area (Å²) in [5, 5.41) is 0. The van der Waals surface area contributed by atoms with Crippen LogP contribution in [0.4, 0.5) is 5.82 Å². The van der Waals surface area contributed by atoms with E-state index in [1.165, 1.54) is 6.42 Å². The highest BCUT2D eigenvalue weighted by Gasteiger charge is 2.03. The van der Waals surface area contributed by atoms with Crippen LogP contribution in [0.2, 0.25) is 0 Å². The first-order valence-electron chi connectivity index (χ1n) is 5.54. The Morgan fingerprint density at radius 1 is 1.20 bits per heavy atom. The van der Waals surface area contributed by atoms with Crippen molar-refractivity contribution < 1.29 is 0 Å². The van der Waals surface area contributed by atoms with Crippen molar-refractivity contribution in [3.05, 3.63) is 24.4 Å². The second kappa shape index (κ2) is 6.40. The fraction of sp³-hybridized carbons (Fsp3) is 0.583. The molecule has 0 radical (unpaired) electrons. The molecule has 0 spiro atoms. The van der Waals surface area contributed by atoms with E-state index >= 15 is 0 Å². The molecule has 0 aliphatic heterocycles. The Balaban J connectivity index is 2.43. The van der Waals surface area contributed by atoms with Crippen LogP contribution in [0.1, 0.15) is 13.3 Å². The standard InChI is InChI=1S/C12H21N3/c1-4-15(11-7-10-14(2)3)12-8-5-6-9-13-12/h5-6,8-9H,4,7,10-11H2,1-3H3. The normalized spacial score (nSPS) is 10.7. The molecular formula is C12H21N3. The van der Waals surface area contributed by atoms with Gasteiger partial charge in [-0.1, -0.05) is 6.07 Å². The first-order valence-corrected chi connectivity index (χ1v) is 5.54. The molecule has 0 atom stereocenters. The second-order valence-electron chi connectivity index (χ2n) is 3.92. The van der Waals surface area contributed by atoms with E-state index in [1.54, 1.807) is 0 Å². The molecule has 1 aromatic heterocycles. The molecule has 84 valence electrons. The summed E-state index contributed by atoms with van der Waals surface area (Å²) < 4.78 is 0. The molecule has 3 heteroatoms. The second-order valence-corrected chi connectivity index (χ2v) is 3.92. The molecule has 0 saturated heterocycles. The van der Waals surface area contributed by atoms with E-state index in [0.717, 1.165) is 25.5 Å². The highest BCUT2D eigenvalue weighted by atomic mass is 15.2. The summed E-state index contributed by atoms with van der Waals surface area (Å²) in [5.41, 5.74) is 0. The number of aromatic nitrogens is 1. The molecule has 0 N–H and O–H groups in total. The van der Waals surface area contributed by atoms with Crippen LogP contribution in [0.15, 0.2) is 24.4 Å². The van der Waals surface area contributed by atoms with Crippen molar-refractivity contribution in [1.82, 2.24) is 9.88 Å². The summed E-state index contributed by atoms with van der Waals surface area (Å²) in [6, 6.07) is 6.06. The first-order chi connectivity index (χ1) is 7.24. The van der Waals surface area contributed by atoms with E-state index in [9.17, 15) is 0 Å². The molecule has 0 amide bonds. The van der Waals surface area contributed by atoms with Crippen LogP contribution in [0.25, 0.3) is 0 Å². The average molecular weight is 207 g/mol. The van der Waals surface area contributed by atoms with Crippen LogP contribution >= 0.6 is 0 Å². The average Bonchev–Trinajstić information content (AvgIpc) is 2.25. The molecule has 0 fully saturated rings. The number of rotatable bonds is 6. The minimum atomic E-state index is 1.02. The van der Waals surface area contributed by atoms with E-state index in [-0.39, 0.29) is 0 Å². The molecule has 0 aromatic carbocycles. The van der Waals surface area contributed by atoms with Gasteiger partial charge in [-0.25, -0.2) is 4.98 Å². The fourth-order valence-corrected chi connectivity index (χ4v) is 1.55. The summed E-state index contributed by atoms with van der Waals surface area (Å²) in [5.74, 6) is 1.08. The number of nitrogens with zero attached hydrogens (tertiary/aromatic N) is 3. The van der Waals surface area contributed by atoms with Crippen molar-refractivity contribution in [2.75, 3.05) is 38.6 Å². The van der Waals surface area contributed by atoms with Gasteiger partial charge in [0.05, 0.1) is 0 Å². The predicted molar refractivity (Wildman–Crippen MR) is 65.3 cm³/mol. The van der Waals surface area contributed by atoms with Crippen LogP contribution in [0.3, 0.4) is 0 Å². The SMILES string of the molecule is CCN(CCCN(C)C)c1ccccn1. The summed E-state index contributed by atoms with van der Waals surface area (Å²) in [6.45, 7) is 5.39. The largest absolute Gasteiger partial charge is 0.357 e. The first kappa shape index (κ1) is 12.0. The molecule has 1 aromatic rings. The third-order valence-corrected chi connectivity index (χ3v) is 2.39. The molecule has 0 saturated carbocycles. The molecule has 0 bridgehead atoms. The number of hydrogen-bond acceptors (Lipinski definition) is 3. The van der Waals surface area contributed by atoms with Gasteiger partial charge in [-0.05, 0) is 46.1 Å². The van der Waals surface area contributed by atoms with Gasteiger partial charge in [0.2, 0.25) is 0 Å². The van der Waals surface area contributed by atoms with E-state index in [4.69, 9.17) is 0 Å². The van der Waals surface area contributed by atoms with E-state index < -0.39 is 0 Å². The number of anilines is 1. The molecule has 0 aliphatic rings. The third-order valence-electron chi connectivity index (χ3n) is 2.39. The van der Waals surface area contributed by atoms with Crippen LogP contribution in [-0.4, -0.2) is 43.6 Å². The van der Waals surface area contributed by atoms with Crippen molar-refractivity contribution in [2.24, 2.45) is 0 Å². The lowest BCUT2D eigenvalue weighted by Crippen LogP contribution is -2.27. The van der Waals surface area contributed by atoms with Gasteiger partial charge >= 0.3 is 0 Å². The van der Waals surface area contributed by atoms with Crippen molar-refractivity contribution in [3.63, 3.8) is 0 Å². The van der Waals surface area contributed by atoms with Gasteiger partial charge in [-0.2, -0.15) is 0 Å². The monoisotopic (exact) mass is 207 g/mol. The Kier molecular flexibility index (Phi) is 5.12. The van der Waals surface area contributed by atoms with Crippen molar-refractivity contribution in [1.29, 1.82) is 0 Å². The Hall–Kier alpha value is -1.09. The molecule has 15 heavy (non-hydrogen) atoms. The minimum absolute atomic E-state index is 1.02.